The van der Waals surface area contributed by atoms with E-state index in [1.54, 1.807) is 6.20 Å². The summed E-state index contributed by atoms with van der Waals surface area (Å²) in [6, 6.07) is 11.0. The number of benzene rings is 2. The van der Waals surface area contributed by atoms with Gasteiger partial charge in [0, 0.05) is 25.0 Å². The number of phenolic OH excluding ortho intramolecular Hbond substituents is 1. The number of primary amides is 1. The monoisotopic (exact) mass is 667 g/mol. The van der Waals surface area contributed by atoms with E-state index in [0.29, 0.717) is 6.42 Å². The van der Waals surface area contributed by atoms with Gasteiger partial charge < -0.3 is 55.2 Å². The number of nitrogens with two attached hydrogens (primary N) is 1. The van der Waals surface area contributed by atoms with E-state index in [1.807, 2.05) is 26.1 Å². The van der Waals surface area contributed by atoms with Crippen LogP contribution in [0.4, 0.5) is 0 Å². The number of amides is 1. The number of rotatable bonds is 12. The van der Waals surface area contributed by atoms with E-state index >= 15 is 0 Å². The maximum Gasteiger partial charge on any atom is 0.335 e. The minimum Gasteiger partial charge on any atom is -0.508 e. The number of hydrogen-bond donors (Lipinski definition) is 9. The molecule has 2 aromatic heterocycles. The van der Waals surface area contributed by atoms with Crippen molar-refractivity contribution in [1.29, 1.82) is 0 Å². The van der Waals surface area contributed by atoms with Crippen LogP contribution in [0.5, 0.6) is 11.5 Å². The van der Waals surface area contributed by atoms with Crippen LogP contribution in [0.1, 0.15) is 30.0 Å². The predicted octanol–water partition coefficient (Wildman–Crippen LogP) is 0.657. The standard InChI is InChI=1S/C33H37N3O12/c1-15(2)18(11-16-9-10-35-13-16)14-36-31(44)33(45)28(40)25(39)27(30(42)43)48-32(33)46-20-7-8-21-22(12-20)47-26(29(34)41)23(24(21)38)17-3-5-19(37)6-4-17/h3-10,12-13,15,18,25,27-28,31-32,35-37,39-40,44-45H,11,14H2,1-2H3,(H2,34,41)(H,42,43). The molecule has 0 aliphatic carbocycles. The molecule has 5 rings (SSSR count). The van der Waals surface area contributed by atoms with Crippen LogP contribution in [0.25, 0.3) is 22.1 Å². The molecule has 4 aromatic rings. The first-order chi connectivity index (χ1) is 22.7. The van der Waals surface area contributed by atoms with Crippen LogP contribution in [0, 0.1) is 11.8 Å². The number of aromatic amines is 1. The van der Waals surface area contributed by atoms with Crippen molar-refractivity contribution in [1.82, 2.24) is 10.3 Å². The maximum atomic E-state index is 13.5. The fourth-order valence-corrected chi connectivity index (χ4v) is 5.71. The topological polar surface area (TPSA) is 258 Å². The maximum absolute atomic E-state index is 13.5. The summed E-state index contributed by atoms with van der Waals surface area (Å²) in [5.41, 5.74) is 2.96. The summed E-state index contributed by atoms with van der Waals surface area (Å²) in [6.45, 7) is 4.08. The van der Waals surface area contributed by atoms with E-state index in [-0.39, 0.29) is 52.0 Å². The summed E-state index contributed by atoms with van der Waals surface area (Å²) in [5, 5.41) is 66.6. The number of ether oxygens (including phenoxy) is 2. The third kappa shape index (κ3) is 6.64. The van der Waals surface area contributed by atoms with Gasteiger partial charge in [-0.3, -0.25) is 14.9 Å². The molecule has 2 aromatic carbocycles. The Morgan fingerprint density at radius 1 is 1.12 bits per heavy atom. The summed E-state index contributed by atoms with van der Waals surface area (Å²) in [6.07, 6.45) is -6.42. The smallest absolute Gasteiger partial charge is 0.335 e. The summed E-state index contributed by atoms with van der Waals surface area (Å²) >= 11 is 0. The normalized spacial score (nSPS) is 24.0. The van der Waals surface area contributed by atoms with Gasteiger partial charge in [0.25, 0.3) is 5.91 Å². The van der Waals surface area contributed by atoms with E-state index in [2.05, 4.69) is 10.3 Å². The van der Waals surface area contributed by atoms with Crippen LogP contribution in [-0.4, -0.2) is 90.5 Å². The predicted molar refractivity (Wildman–Crippen MR) is 169 cm³/mol. The molecule has 15 heteroatoms. The molecule has 1 amide bonds. The van der Waals surface area contributed by atoms with Crippen molar-refractivity contribution in [3.05, 3.63) is 82.5 Å². The highest BCUT2D eigenvalue weighted by Gasteiger charge is 2.62. The summed E-state index contributed by atoms with van der Waals surface area (Å²) < 4.78 is 16.9. The fraction of sp³-hybridized carbons (Fsp3) is 0.364. The molecule has 15 nitrogen and oxygen atoms in total. The Morgan fingerprint density at radius 2 is 1.83 bits per heavy atom. The van der Waals surface area contributed by atoms with Gasteiger partial charge in [0.15, 0.2) is 11.7 Å². The van der Waals surface area contributed by atoms with Gasteiger partial charge in [0.1, 0.15) is 35.5 Å². The number of carbonyl (C=O) groups is 2. The molecule has 0 bridgehead atoms. The number of carbonyl (C=O) groups excluding carboxylic acids is 1. The minimum atomic E-state index is -2.84. The Labute approximate surface area is 273 Å². The molecule has 7 unspecified atom stereocenters. The molecule has 1 fully saturated rings. The minimum absolute atomic E-state index is 0.0158. The summed E-state index contributed by atoms with van der Waals surface area (Å²) in [7, 11) is 0. The molecule has 7 atom stereocenters. The number of phenols is 1. The zero-order chi connectivity index (χ0) is 34.9. The number of aromatic hydroxyl groups is 1. The number of aromatic nitrogens is 1. The van der Waals surface area contributed by atoms with E-state index in [4.69, 9.17) is 19.6 Å². The van der Waals surface area contributed by atoms with Gasteiger partial charge >= 0.3 is 5.97 Å². The molecular weight excluding hydrogens is 630 g/mol. The van der Waals surface area contributed by atoms with Gasteiger partial charge in [0.05, 0.1) is 10.9 Å². The Morgan fingerprint density at radius 3 is 2.44 bits per heavy atom. The SMILES string of the molecule is CC(C)C(CNC(O)C1(O)C(Oc2ccc3c(=O)c(-c4ccc(O)cc4)c(C(N)=O)oc3c2)OC(C(=O)O)C(O)C1O)Cc1cc[nH]c1. The number of hydrogen-bond acceptors (Lipinski definition) is 12. The number of aliphatic hydroxyl groups is 4. The lowest BCUT2D eigenvalue weighted by Gasteiger charge is -2.48. The zero-order valence-corrected chi connectivity index (χ0v) is 25.9. The molecule has 48 heavy (non-hydrogen) atoms. The number of aliphatic carboxylic acids is 1. The van der Waals surface area contributed by atoms with Crippen molar-refractivity contribution >= 4 is 22.8 Å². The van der Waals surface area contributed by atoms with Crippen LogP contribution < -0.4 is 21.2 Å². The molecule has 0 radical (unpaired) electrons. The van der Waals surface area contributed by atoms with Crippen molar-refractivity contribution in [3.63, 3.8) is 0 Å². The van der Waals surface area contributed by atoms with Crippen molar-refractivity contribution in [2.45, 2.75) is 56.7 Å². The first kappa shape index (κ1) is 34.6. The van der Waals surface area contributed by atoms with Crippen molar-refractivity contribution in [2.24, 2.45) is 17.6 Å². The Kier molecular flexibility index (Phi) is 9.91. The van der Waals surface area contributed by atoms with Crippen LogP contribution >= 0.6 is 0 Å². The molecule has 1 saturated heterocycles. The number of carboxylic acids is 1. The highest BCUT2D eigenvalue weighted by Crippen LogP contribution is 2.36. The molecule has 1 aliphatic heterocycles. The third-order valence-electron chi connectivity index (χ3n) is 8.60. The quantitative estimate of drug-likeness (QED) is 0.0942. The van der Waals surface area contributed by atoms with Crippen molar-refractivity contribution in [2.75, 3.05) is 6.54 Å². The highest BCUT2D eigenvalue weighted by atomic mass is 16.7. The second-order valence-electron chi connectivity index (χ2n) is 12.1. The number of carboxylic acid groups (broad SMARTS) is 1. The van der Waals surface area contributed by atoms with Gasteiger partial charge in [-0.15, -0.1) is 0 Å². The number of nitrogens with one attached hydrogen (secondary N) is 2. The van der Waals surface area contributed by atoms with Gasteiger partial charge in [-0.05, 0) is 59.7 Å². The van der Waals surface area contributed by atoms with Crippen LogP contribution in [0.15, 0.2) is 70.1 Å². The number of aliphatic hydroxyl groups excluding tert-OH is 3. The second kappa shape index (κ2) is 13.8. The highest BCUT2D eigenvalue weighted by molar-refractivity contribution is 5.99. The fourth-order valence-electron chi connectivity index (χ4n) is 5.71. The summed E-state index contributed by atoms with van der Waals surface area (Å²) in [4.78, 5) is 40.7. The Balaban J connectivity index is 1.48. The Bertz CT molecular complexity index is 1820. The molecule has 0 saturated carbocycles. The molecule has 256 valence electrons. The van der Waals surface area contributed by atoms with E-state index < -0.39 is 59.5 Å². The van der Waals surface area contributed by atoms with Gasteiger partial charge in [-0.1, -0.05) is 26.0 Å². The van der Waals surface area contributed by atoms with Gasteiger partial charge in [0.2, 0.25) is 17.5 Å². The lowest BCUT2D eigenvalue weighted by molar-refractivity contribution is -0.338. The first-order valence-corrected chi connectivity index (χ1v) is 15.1. The molecule has 3 heterocycles. The van der Waals surface area contributed by atoms with Crippen LogP contribution in [-0.2, 0) is 16.0 Å². The lowest BCUT2D eigenvalue weighted by atomic mass is 9.84. The van der Waals surface area contributed by atoms with E-state index in [1.165, 1.54) is 36.4 Å². The van der Waals surface area contributed by atoms with Gasteiger partial charge in [-0.2, -0.15) is 0 Å². The number of fused-ring (bicyclic) bond motifs is 1. The van der Waals surface area contributed by atoms with Gasteiger partial charge in [-0.25, -0.2) is 4.79 Å². The van der Waals surface area contributed by atoms with E-state index in [0.717, 1.165) is 11.6 Å². The number of H-pyrrole nitrogens is 1. The third-order valence-corrected chi connectivity index (χ3v) is 8.60. The van der Waals surface area contributed by atoms with Crippen molar-refractivity contribution in [3.8, 4) is 22.6 Å². The Hall–Kier alpha value is -4.77. The molecular formula is C33H37N3O12. The average molecular weight is 668 g/mol. The zero-order valence-electron chi connectivity index (χ0n) is 25.9. The van der Waals surface area contributed by atoms with Crippen molar-refractivity contribution < 1.29 is 54.1 Å². The van der Waals surface area contributed by atoms with Crippen LogP contribution in [0.2, 0.25) is 0 Å². The summed E-state index contributed by atoms with van der Waals surface area (Å²) in [5.74, 6) is -3.47. The first-order valence-electron chi connectivity index (χ1n) is 15.1. The molecule has 1 aliphatic rings. The lowest BCUT2D eigenvalue weighted by Crippen LogP contribution is -2.75. The van der Waals surface area contributed by atoms with Crippen LogP contribution in [0.3, 0.4) is 0 Å². The average Bonchev–Trinajstić information content (AvgIpc) is 3.56. The largest absolute Gasteiger partial charge is 0.508 e. The second-order valence-corrected chi connectivity index (χ2v) is 12.1. The molecule has 0 spiro atoms. The van der Waals surface area contributed by atoms with E-state index in [9.17, 15) is 45.0 Å². The molecule has 10 N–H and O–H groups in total.